The molecule has 0 aliphatic carbocycles. The normalized spacial score (nSPS) is 10.5. The maximum Gasteiger partial charge on any atom is 0.231 e. The molecule has 0 fully saturated rings. The first-order chi connectivity index (χ1) is 11.1. The van der Waals surface area contributed by atoms with Crippen LogP contribution in [0.4, 0.5) is 5.69 Å². The van der Waals surface area contributed by atoms with Crippen molar-refractivity contribution >= 4 is 22.9 Å². The van der Waals surface area contributed by atoms with E-state index in [0.29, 0.717) is 0 Å². The lowest BCUT2D eigenvalue weighted by atomic mass is 10.2. The van der Waals surface area contributed by atoms with Crippen molar-refractivity contribution < 1.29 is 9.90 Å². The Morgan fingerprint density at radius 3 is 2.52 bits per heavy atom. The van der Waals surface area contributed by atoms with Gasteiger partial charge >= 0.3 is 0 Å². The zero-order valence-electron chi connectivity index (χ0n) is 12.6. The highest BCUT2D eigenvalue weighted by molar-refractivity contribution is 7.10. The third kappa shape index (κ3) is 3.96. The van der Waals surface area contributed by atoms with E-state index in [1.165, 1.54) is 11.3 Å². The number of anilines is 1. The fourth-order valence-corrected chi connectivity index (χ4v) is 2.94. The van der Waals surface area contributed by atoms with Crippen molar-refractivity contribution in [3.63, 3.8) is 0 Å². The number of phenols is 1. The average molecular weight is 324 g/mol. The van der Waals surface area contributed by atoms with E-state index in [1.54, 1.807) is 24.3 Å². The summed E-state index contributed by atoms with van der Waals surface area (Å²) in [7, 11) is 0. The Labute approximate surface area is 138 Å². The number of nitrogens with zero attached hydrogens (tertiary/aromatic N) is 1. The zero-order valence-corrected chi connectivity index (χ0v) is 13.4. The molecule has 1 heterocycles. The lowest BCUT2D eigenvalue weighted by molar-refractivity contribution is -0.115. The van der Waals surface area contributed by atoms with Crippen LogP contribution in [0.2, 0.25) is 0 Å². The smallest absolute Gasteiger partial charge is 0.231 e. The minimum absolute atomic E-state index is 0.0829. The molecule has 23 heavy (non-hydrogen) atoms. The van der Waals surface area contributed by atoms with Crippen LogP contribution in [0.15, 0.2) is 53.9 Å². The summed E-state index contributed by atoms with van der Waals surface area (Å²) in [6.45, 7) is 2.01. The van der Waals surface area contributed by atoms with Gasteiger partial charge in [-0.05, 0) is 43.3 Å². The van der Waals surface area contributed by atoms with E-state index in [4.69, 9.17) is 0 Å². The number of phenolic OH excluding ortho intramolecular Hbond substituents is 1. The highest BCUT2D eigenvalue weighted by atomic mass is 32.1. The second-order valence-electron chi connectivity index (χ2n) is 5.26. The number of thiazole rings is 1. The molecule has 0 atom stereocenters. The monoisotopic (exact) mass is 324 g/mol. The van der Waals surface area contributed by atoms with E-state index in [0.717, 1.165) is 27.5 Å². The van der Waals surface area contributed by atoms with Gasteiger partial charge in [0.05, 0.1) is 12.1 Å². The molecule has 3 aromatic rings. The molecule has 2 N–H and O–H groups in total. The molecule has 5 heteroatoms. The molecule has 2 aromatic carbocycles. The molecule has 116 valence electrons. The summed E-state index contributed by atoms with van der Waals surface area (Å²) in [5.41, 5.74) is 3.68. The number of carbonyl (C=O) groups is 1. The third-order valence-corrected chi connectivity index (χ3v) is 4.21. The fourth-order valence-electron chi connectivity index (χ4n) is 2.14. The molecule has 0 spiro atoms. The van der Waals surface area contributed by atoms with Crippen molar-refractivity contribution in [3.8, 4) is 17.0 Å². The lowest BCUT2D eigenvalue weighted by Crippen LogP contribution is -2.14. The molecule has 0 unspecified atom stereocenters. The molecule has 0 saturated carbocycles. The highest BCUT2D eigenvalue weighted by Gasteiger charge is 2.09. The molecule has 0 radical (unpaired) electrons. The van der Waals surface area contributed by atoms with E-state index in [9.17, 15) is 9.90 Å². The Kier molecular flexibility index (Phi) is 4.39. The van der Waals surface area contributed by atoms with E-state index >= 15 is 0 Å². The predicted molar refractivity (Wildman–Crippen MR) is 92.7 cm³/mol. The molecular formula is C18H16N2O2S. The summed E-state index contributed by atoms with van der Waals surface area (Å²) in [6, 6.07) is 14.6. The first kappa shape index (κ1) is 15.2. The number of aromatic hydroxyl groups is 1. The lowest BCUT2D eigenvalue weighted by Gasteiger charge is -2.04. The van der Waals surface area contributed by atoms with Gasteiger partial charge in [-0.2, -0.15) is 0 Å². The van der Waals surface area contributed by atoms with E-state index < -0.39 is 0 Å². The van der Waals surface area contributed by atoms with Crippen LogP contribution >= 0.6 is 11.3 Å². The summed E-state index contributed by atoms with van der Waals surface area (Å²) in [6.07, 6.45) is 0.247. The van der Waals surface area contributed by atoms with Crippen LogP contribution in [0.1, 0.15) is 10.6 Å². The van der Waals surface area contributed by atoms with Crippen LogP contribution in [0.3, 0.4) is 0 Å². The third-order valence-electron chi connectivity index (χ3n) is 3.36. The van der Waals surface area contributed by atoms with Gasteiger partial charge in [-0.1, -0.05) is 17.7 Å². The van der Waals surface area contributed by atoms with Crippen molar-refractivity contribution in [2.45, 2.75) is 13.3 Å². The van der Waals surface area contributed by atoms with E-state index in [1.807, 2.05) is 36.6 Å². The number of amides is 1. The Morgan fingerprint density at radius 2 is 1.83 bits per heavy atom. The van der Waals surface area contributed by atoms with Crippen LogP contribution in [0, 0.1) is 6.92 Å². The van der Waals surface area contributed by atoms with Gasteiger partial charge in [0, 0.05) is 16.6 Å². The summed E-state index contributed by atoms with van der Waals surface area (Å²) >= 11 is 1.46. The number of hydrogen-bond donors (Lipinski definition) is 2. The fraction of sp³-hybridized carbons (Fsp3) is 0.111. The second kappa shape index (κ2) is 6.62. The van der Waals surface area contributed by atoms with Crippen LogP contribution in [0.25, 0.3) is 11.3 Å². The molecule has 0 aliphatic heterocycles. The van der Waals surface area contributed by atoms with Crippen LogP contribution in [0.5, 0.6) is 5.75 Å². The quantitative estimate of drug-likeness (QED) is 0.762. The Balaban J connectivity index is 1.65. The van der Waals surface area contributed by atoms with Gasteiger partial charge in [0.15, 0.2) is 0 Å². The first-order valence-electron chi connectivity index (χ1n) is 7.20. The maximum absolute atomic E-state index is 12.1. The molecule has 3 rings (SSSR count). The van der Waals surface area contributed by atoms with E-state index in [-0.39, 0.29) is 18.1 Å². The van der Waals surface area contributed by atoms with Crippen LogP contribution in [-0.2, 0) is 11.2 Å². The van der Waals surface area contributed by atoms with Crippen LogP contribution < -0.4 is 5.32 Å². The van der Waals surface area contributed by atoms with Gasteiger partial charge in [-0.15, -0.1) is 11.3 Å². The summed E-state index contributed by atoms with van der Waals surface area (Å²) in [5, 5.41) is 14.9. The molecule has 0 aliphatic rings. The van der Waals surface area contributed by atoms with Crippen molar-refractivity contribution in [1.29, 1.82) is 0 Å². The Morgan fingerprint density at radius 1 is 1.13 bits per heavy atom. The SMILES string of the molecule is Cc1ccc(NC(=O)Cc2nc(-c3ccc(O)cc3)cs2)cc1. The van der Waals surface area contributed by atoms with Crippen molar-refractivity contribution in [3.05, 3.63) is 64.5 Å². The average Bonchev–Trinajstić information content (AvgIpc) is 2.98. The van der Waals surface area contributed by atoms with Crippen molar-refractivity contribution in [1.82, 2.24) is 4.98 Å². The summed E-state index contributed by atoms with van der Waals surface area (Å²) in [5.74, 6) is 0.141. The minimum atomic E-state index is -0.0829. The van der Waals surface area contributed by atoms with Gasteiger partial charge in [-0.25, -0.2) is 4.98 Å². The van der Waals surface area contributed by atoms with Crippen molar-refractivity contribution in [2.24, 2.45) is 0 Å². The zero-order chi connectivity index (χ0) is 16.2. The standard InChI is InChI=1S/C18H16N2O2S/c1-12-2-6-14(7-3-12)19-17(22)10-18-20-16(11-23-18)13-4-8-15(21)9-5-13/h2-9,11,21H,10H2,1H3,(H,19,22). The molecule has 4 nitrogen and oxygen atoms in total. The van der Waals surface area contributed by atoms with Gasteiger partial charge < -0.3 is 10.4 Å². The molecule has 1 amide bonds. The van der Waals surface area contributed by atoms with Crippen LogP contribution in [-0.4, -0.2) is 16.0 Å². The second-order valence-corrected chi connectivity index (χ2v) is 6.21. The Bertz CT molecular complexity index is 808. The number of rotatable bonds is 4. The van der Waals surface area contributed by atoms with Gasteiger partial charge in [0.2, 0.25) is 5.91 Å². The van der Waals surface area contributed by atoms with Gasteiger partial charge in [0.1, 0.15) is 10.8 Å². The van der Waals surface area contributed by atoms with E-state index in [2.05, 4.69) is 10.3 Å². The first-order valence-corrected chi connectivity index (χ1v) is 8.08. The maximum atomic E-state index is 12.1. The Hall–Kier alpha value is -2.66. The highest BCUT2D eigenvalue weighted by Crippen LogP contribution is 2.24. The molecular weight excluding hydrogens is 308 g/mol. The number of aryl methyl sites for hydroxylation is 1. The number of aromatic nitrogens is 1. The largest absolute Gasteiger partial charge is 0.508 e. The number of nitrogens with one attached hydrogen (secondary N) is 1. The summed E-state index contributed by atoms with van der Waals surface area (Å²) < 4.78 is 0. The molecule has 1 aromatic heterocycles. The summed E-state index contributed by atoms with van der Waals surface area (Å²) in [4.78, 5) is 16.6. The topological polar surface area (TPSA) is 62.2 Å². The number of benzene rings is 2. The molecule has 0 bridgehead atoms. The van der Waals surface area contributed by atoms with Gasteiger partial charge in [-0.3, -0.25) is 4.79 Å². The van der Waals surface area contributed by atoms with Crippen molar-refractivity contribution in [2.75, 3.05) is 5.32 Å². The number of carbonyl (C=O) groups excluding carboxylic acids is 1. The van der Waals surface area contributed by atoms with Gasteiger partial charge in [0.25, 0.3) is 0 Å². The minimum Gasteiger partial charge on any atom is -0.508 e. The molecule has 0 saturated heterocycles. The number of hydrogen-bond acceptors (Lipinski definition) is 4. The predicted octanol–water partition coefficient (Wildman–Crippen LogP) is 4.01.